The first-order chi connectivity index (χ1) is 9.40. The zero-order valence-corrected chi connectivity index (χ0v) is 13.7. The minimum Gasteiger partial charge on any atom is -0.383 e. The molecule has 1 aromatic rings. The van der Waals surface area contributed by atoms with Crippen LogP contribution < -0.4 is 5.32 Å². The highest BCUT2D eigenvalue weighted by molar-refractivity contribution is 7.90. The van der Waals surface area contributed by atoms with Gasteiger partial charge in [0.25, 0.3) is 0 Å². The number of hydrogen-bond donors (Lipinski definition) is 1. The largest absolute Gasteiger partial charge is 0.383 e. The molecule has 0 radical (unpaired) electrons. The third-order valence-corrected chi connectivity index (χ3v) is 4.58. The van der Waals surface area contributed by atoms with Crippen molar-refractivity contribution in [2.75, 3.05) is 20.0 Å². The summed E-state index contributed by atoms with van der Waals surface area (Å²) in [6.07, 6.45) is 3.19. The molecule has 4 nitrogen and oxygen atoms in total. The summed E-state index contributed by atoms with van der Waals surface area (Å²) >= 11 is 6.14. The van der Waals surface area contributed by atoms with Gasteiger partial charge in [0.05, 0.1) is 11.5 Å². The van der Waals surface area contributed by atoms with Crippen LogP contribution in [0.15, 0.2) is 23.1 Å². The van der Waals surface area contributed by atoms with E-state index in [-0.39, 0.29) is 10.9 Å². The highest BCUT2D eigenvalue weighted by Gasteiger charge is 2.17. The van der Waals surface area contributed by atoms with Gasteiger partial charge in [-0.2, -0.15) is 0 Å². The predicted octanol–water partition coefficient (Wildman–Crippen LogP) is 2.65. The third kappa shape index (κ3) is 5.05. The van der Waals surface area contributed by atoms with Gasteiger partial charge in [0.2, 0.25) is 0 Å². The fourth-order valence-electron chi connectivity index (χ4n) is 2.10. The van der Waals surface area contributed by atoms with Gasteiger partial charge in [-0.05, 0) is 18.6 Å². The minimum absolute atomic E-state index is 0.189. The highest BCUT2D eigenvalue weighted by atomic mass is 35.5. The van der Waals surface area contributed by atoms with Gasteiger partial charge < -0.3 is 10.1 Å². The molecule has 0 aliphatic rings. The van der Waals surface area contributed by atoms with Crippen molar-refractivity contribution < 1.29 is 13.2 Å². The van der Waals surface area contributed by atoms with E-state index in [1.807, 2.05) is 0 Å². The molecule has 0 aliphatic heterocycles. The first-order valence-corrected chi connectivity index (χ1v) is 8.86. The van der Waals surface area contributed by atoms with Gasteiger partial charge in [0.15, 0.2) is 9.84 Å². The number of halogens is 1. The molecule has 114 valence electrons. The molecular weight excluding hydrogens is 298 g/mol. The van der Waals surface area contributed by atoms with Crippen molar-refractivity contribution in [3.63, 3.8) is 0 Å². The Labute approximate surface area is 126 Å². The number of rotatable bonds is 8. The zero-order valence-electron chi connectivity index (χ0n) is 12.1. The first-order valence-electron chi connectivity index (χ1n) is 6.60. The average Bonchev–Trinajstić information content (AvgIpc) is 2.36. The number of ether oxygens (including phenoxy) is 1. The van der Waals surface area contributed by atoms with Crippen molar-refractivity contribution >= 4 is 21.4 Å². The lowest BCUT2D eigenvalue weighted by Crippen LogP contribution is -2.33. The third-order valence-electron chi connectivity index (χ3n) is 3.05. The van der Waals surface area contributed by atoms with E-state index in [1.165, 1.54) is 6.26 Å². The molecule has 1 aromatic carbocycles. The van der Waals surface area contributed by atoms with Crippen LogP contribution in [-0.2, 0) is 21.1 Å². The Hall–Kier alpha value is -0.620. The maximum Gasteiger partial charge on any atom is 0.175 e. The van der Waals surface area contributed by atoms with Crippen LogP contribution in [0, 0.1) is 0 Å². The van der Waals surface area contributed by atoms with E-state index in [9.17, 15) is 8.42 Å². The molecule has 0 aromatic heterocycles. The van der Waals surface area contributed by atoms with Gasteiger partial charge in [-0.3, -0.25) is 0 Å². The summed E-state index contributed by atoms with van der Waals surface area (Å²) in [5.41, 5.74) is 0.619. The Kier molecular flexibility index (Phi) is 6.95. The van der Waals surface area contributed by atoms with Crippen molar-refractivity contribution in [1.29, 1.82) is 0 Å². The number of sulfone groups is 1. The summed E-state index contributed by atoms with van der Waals surface area (Å²) in [7, 11) is -1.63. The van der Waals surface area contributed by atoms with E-state index in [2.05, 4.69) is 12.2 Å². The summed E-state index contributed by atoms with van der Waals surface area (Å²) < 4.78 is 28.7. The standard InChI is InChI=1S/C14H22ClNO3S/c1-4-6-11(10-19-2)16-9-12-13(15)7-5-8-14(12)20(3,17)18/h5,7-8,11,16H,4,6,9-10H2,1-3H3. The summed E-state index contributed by atoms with van der Waals surface area (Å²) in [5, 5.41) is 3.78. The Bertz CT molecular complexity index is 525. The topological polar surface area (TPSA) is 55.4 Å². The second kappa shape index (κ2) is 7.98. The van der Waals surface area contributed by atoms with Crippen LogP contribution in [0.5, 0.6) is 0 Å². The Balaban J connectivity index is 2.91. The predicted molar refractivity (Wildman–Crippen MR) is 82.0 cm³/mol. The van der Waals surface area contributed by atoms with E-state index in [0.29, 0.717) is 23.7 Å². The molecule has 0 saturated heterocycles. The number of hydrogen-bond acceptors (Lipinski definition) is 4. The van der Waals surface area contributed by atoms with Crippen molar-refractivity contribution in [3.8, 4) is 0 Å². The molecular formula is C14H22ClNO3S. The maximum atomic E-state index is 11.8. The van der Waals surface area contributed by atoms with E-state index in [1.54, 1.807) is 25.3 Å². The van der Waals surface area contributed by atoms with Gasteiger partial charge in [-0.25, -0.2) is 8.42 Å². The molecule has 1 rings (SSSR count). The van der Waals surface area contributed by atoms with Crippen LogP contribution in [0.1, 0.15) is 25.3 Å². The summed E-state index contributed by atoms with van der Waals surface area (Å²) in [6, 6.07) is 5.14. The van der Waals surface area contributed by atoms with E-state index < -0.39 is 9.84 Å². The lowest BCUT2D eigenvalue weighted by atomic mass is 10.1. The molecule has 1 N–H and O–H groups in total. The van der Waals surface area contributed by atoms with E-state index >= 15 is 0 Å². The van der Waals surface area contributed by atoms with Crippen LogP contribution in [-0.4, -0.2) is 34.4 Å². The monoisotopic (exact) mass is 319 g/mol. The molecule has 0 bridgehead atoms. The lowest BCUT2D eigenvalue weighted by Gasteiger charge is -2.19. The molecule has 0 heterocycles. The molecule has 0 spiro atoms. The van der Waals surface area contributed by atoms with Crippen LogP contribution in [0.2, 0.25) is 5.02 Å². The number of nitrogens with one attached hydrogen (secondary N) is 1. The Morgan fingerprint density at radius 2 is 2.10 bits per heavy atom. The molecule has 0 fully saturated rings. The lowest BCUT2D eigenvalue weighted by molar-refractivity contribution is 0.161. The normalized spacial score (nSPS) is 13.4. The average molecular weight is 320 g/mol. The van der Waals surface area contributed by atoms with Gasteiger partial charge in [0.1, 0.15) is 0 Å². The van der Waals surface area contributed by atoms with Gasteiger partial charge in [0, 0.05) is 36.5 Å². The highest BCUT2D eigenvalue weighted by Crippen LogP contribution is 2.24. The van der Waals surface area contributed by atoms with E-state index in [0.717, 1.165) is 12.8 Å². The van der Waals surface area contributed by atoms with Crippen molar-refractivity contribution in [3.05, 3.63) is 28.8 Å². The second-order valence-corrected chi connectivity index (χ2v) is 7.20. The number of benzene rings is 1. The maximum absolute atomic E-state index is 11.8. The van der Waals surface area contributed by atoms with E-state index in [4.69, 9.17) is 16.3 Å². The zero-order chi connectivity index (χ0) is 15.2. The molecule has 1 atom stereocenters. The SMILES string of the molecule is CCCC(COC)NCc1c(Cl)cccc1S(C)(=O)=O. The van der Waals surface area contributed by atoms with Crippen LogP contribution in [0.25, 0.3) is 0 Å². The molecule has 0 aliphatic carbocycles. The van der Waals surface area contributed by atoms with Crippen LogP contribution in [0.3, 0.4) is 0 Å². The molecule has 0 saturated carbocycles. The first kappa shape index (κ1) is 17.4. The quantitative estimate of drug-likeness (QED) is 0.800. The fourth-order valence-corrected chi connectivity index (χ4v) is 3.35. The van der Waals surface area contributed by atoms with Crippen LogP contribution in [0.4, 0.5) is 0 Å². The fraction of sp³-hybridized carbons (Fsp3) is 0.571. The summed E-state index contributed by atoms with van der Waals surface area (Å²) in [6.45, 7) is 3.10. The Morgan fingerprint density at radius 3 is 2.65 bits per heavy atom. The van der Waals surface area contributed by atoms with Crippen molar-refractivity contribution in [1.82, 2.24) is 5.32 Å². The number of methoxy groups -OCH3 is 1. The van der Waals surface area contributed by atoms with Crippen LogP contribution >= 0.6 is 11.6 Å². The van der Waals surface area contributed by atoms with Gasteiger partial charge in [-0.15, -0.1) is 0 Å². The molecule has 6 heteroatoms. The van der Waals surface area contributed by atoms with Crippen molar-refractivity contribution in [2.45, 2.75) is 37.2 Å². The van der Waals surface area contributed by atoms with Gasteiger partial charge in [-0.1, -0.05) is 31.0 Å². The van der Waals surface area contributed by atoms with Gasteiger partial charge >= 0.3 is 0 Å². The molecule has 20 heavy (non-hydrogen) atoms. The minimum atomic E-state index is -3.28. The molecule has 0 amide bonds. The molecule has 1 unspecified atom stereocenters. The summed E-state index contributed by atoms with van der Waals surface area (Å²) in [5.74, 6) is 0. The summed E-state index contributed by atoms with van der Waals surface area (Å²) in [4.78, 5) is 0.283. The smallest absolute Gasteiger partial charge is 0.175 e. The van der Waals surface area contributed by atoms with Crippen molar-refractivity contribution in [2.24, 2.45) is 0 Å². The second-order valence-electron chi connectivity index (χ2n) is 4.81. The Morgan fingerprint density at radius 1 is 1.40 bits per heavy atom.